The number of nitrogens with zero attached hydrogens (tertiary/aromatic N) is 3. The molecule has 26 heavy (non-hydrogen) atoms. The number of allylic oxidation sites excluding steroid dienone is 4. The predicted octanol–water partition coefficient (Wildman–Crippen LogP) is 1.83. The van der Waals surface area contributed by atoms with Crippen LogP contribution in [0.25, 0.3) is 5.57 Å². The summed E-state index contributed by atoms with van der Waals surface area (Å²) in [5.41, 5.74) is 0.382. The normalized spacial score (nSPS) is 15.4. The lowest BCUT2D eigenvalue weighted by atomic mass is 9.97. The molecule has 1 aromatic rings. The molecule has 1 atom stereocenters. The molecule has 0 heterocycles. The molecule has 8 nitrogen and oxygen atoms in total. The monoisotopic (exact) mass is 356 g/mol. The number of hydrogen-bond acceptors (Lipinski definition) is 6. The van der Waals surface area contributed by atoms with Gasteiger partial charge < -0.3 is 9.69 Å². The lowest BCUT2D eigenvalue weighted by Gasteiger charge is -2.33. The molecule has 0 spiro atoms. The molecule has 0 radical (unpaired) electrons. The van der Waals surface area contributed by atoms with Gasteiger partial charge in [0, 0.05) is 12.6 Å². The molecule has 1 unspecified atom stereocenters. The van der Waals surface area contributed by atoms with Gasteiger partial charge in [0.05, 0.1) is 5.29 Å². The third kappa shape index (κ3) is 3.60. The van der Waals surface area contributed by atoms with E-state index in [0.29, 0.717) is 5.56 Å². The Hall–Kier alpha value is -3.13. The molecular weight excluding hydrogens is 336 g/mol. The van der Waals surface area contributed by atoms with E-state index >= 15 is 0 Å². The number of hydrogen-bond donors (Lipinski definition) is 1. The van der Waals surface area contributed by atoms with Gasteiger partial charge in [-0.25, -0.2) is 5.84 Å². The summed E-state index contributed by atoms with van der Waals surface area (Å²) < 4.78 is 0. The third-order valence-corrected chi connectivity index (χ3v) is 4.42. The second-order valence-corrected chi connectivity index (χ2v) is 6.08. The number of rotatable bonds is 6. The molecule has 1 aromatic carbocycles. The molecule has 2 rings (SSSR count). The minimum atomic E-state index is -1.95. The Bertz CT molecular complexity index is 785. The minimum absolute atomic E-state index is 0.00314. The molecule has 1 aliphatic rings. The van der Waals surface area contributed by atoms with Crippen LogP contribution in [0.3, 0.4) is 0 Å². The maximum absolute atomic E-state index is 12.7. The fourth-order valence-corrected chi connectivity index (χ4v) is 2.58. The average Bonchev–Trinajstić information content (AvgIpc) is 2.71. The summed E-state index contributed by atoms with van der Waals surface area (Å²) in [5.74, 6) is 3.49. The second kappa shape index (κ2) is 7.83. The van der Waals surface area contributed by atoms with Crippen LogP contribution < -0.4 is 5.84 Å². The van der Waals surface area contributed by atoms with Gasteiger partial charge in [-0.15, -0.1) is 10.0 Å². The summed E-state index contributed by atoms with van der Waals surface area (Å²) in [6.45, 7) is 1.19. The third-order valence-electron chi connectivity index (χ3n) is 4.42. The first-order valence-corrected chi connectivity index (χ1v) is 7.99. The van der Waals surface area contributed by atoms with Crippen molar-refractivity contribution in [3.8, 4) is 0 Å². The van der Waals surface area contributed by atoms with E-state index in [0.717, 1.165) is 28.9 Å². The van der Waals surface area contributed by atoms with Crippen LogP contribution in [0.4, 0.5) is 0 Å². The van der Waals surface area contributed by atoms with Crippen molar-refractivity contribution in [3.05, 3.63) is 58.5 Å². The maximum Gasteiger partial charge on any atom is 0.293 e. The van der Waals surface area contributed by atoms with Crippen LogP contribution in [0.15, 0.2) is 47.8 Å². The number of carbonyl (C=O) groups excluding carboxylic acids is 3. The van der Waals surface area contributed by atoms with Crippen molar-refractivity contribution in [2.45, 2.75) is 25.3 Å². The Labute approximate surface area is 150 Å². The van der Waals surface area contributed by atoms with Gasteiger partial charge in [-0.3, -0.25) is 9.59 Å². The number of likely N-dealkylation sites (N-methyl/N-ethyl adjacent to an activating group) is 1. The van der Waals surface area contributed by atoms with Gasteiger partial charge in [-0.05, 0) is 43.0 Å². The minimum Gasteiger partial charge on any atom is -0.321 e. The van der Waals surface area contributed by atoms with Gasteiger partial charge >= 0.3 is 0 Å². The van der Waals surface area contributed by atoms with E-state index in [-0.39, 0.29) is 11.4 Å². The Morgan fingerprint density at radius 3 is 2.38 bits per heavy atom. The number of hydrazine groups is 1. The number of carbonyl (C=O) groups is 3. The molecule has 0 saturated carbocycles. The van der Waals surface area contributed by atoms with Crippen molar-refractivity contribution >= 4 is 23.7 Å². The van der Waals surface area contributed by atoms with Crippen molar-refractivity contribution < 1.29 is 14.4 Å². The summed E-state index contributed by atoms with van der Waals surface area (Å²) in [6, 6.07) is 6.83. The SMILES string of the molecule is CN(C(=O)c1ccc(C2=CCCC=C2)cc1)C(C)(C=O)C(=O)N(N)N=O. The molecule has 0 bridgehead atoms. The molecule has 8 heteroatoms. The fourth-order valence-electron chi connectivity index (χ4n) is 2.58. The number of benzene rings is 1. The van der Waals surface area contributed by atoms with E-state index in [1.165, 1.54) is 14.0 Å². The highest BCUT2D eigenvalue weighted by atomic mass is 16.3. The summed E-state index contributed by atoms with van der Waals surface area (Å²) in [4.78, 5) is 47.7. The van der Waals surface area contributed by atoms with Crippen molar-refractivity contribution in [1.29, 1.82) is 0 Å². The summed E-state index contributed by atoms with van der Waals surface area (Å²) in [5, 5.41) is 2.29. The Morgan fingerprint density at radius 1 is 1.23 bits per heavy atom. The Kier molecular flexibility index (Phi) is 5.78. The van der Waals surface area contributed by atoms with Crippen LogP contribution in [0.2, 0.25) is 0 Å². The van der Waals surface area contributed by atoms with Gasteiger partial charge in [0.15, 0.2) is 11.8 Å². The molecule has 0 aliphatic heterocycles. The first kappa shape index (κ1) is 19.2. The molecule has 0 fully saturated rings. The van der Waals surface area contributed by atoms with E-state index in [1.807, 2.05) is 6.08 Å². The highest BCUT2D eigenvalue weighted by Gasteiger charge is 2.43. The van der Waals surface area contributed by atoms with Gasteiger partial charge in [0.25, 0.3) is 11.8 Å². The zero-order chi connectivity index (χ0) is 19.3. The molecule has 1 aliphatic carbocycles. The standard InChI is InChI=1S/C18H20N4O4/c1-18(12-23,17(25)22(19)20-26)21(2)16(24)15-10-8-14(9-11-15)13-6-4-3-5-7-13/h4,6-12H,3,5,19H2,1-2H3. The molecule has 136 valence electrons. The number of nitrogens with two attached hydrogens (primary N) is 1. The van der Waals surface area contributed by atoms with Crippen LogP contribution in [0.5, 0.6) is 0 Å². The van der Waals surface area contributed by atoms with Crippen molar-refractivity contribution in [2.24, 2.45) is 11.1 Å². The summed E-state index contributed by atoms with van der Waals surface area (Å²) in [7, 11) is 1.29. The lowest BCUT2D eigenvalue weighted by molar-refractivity contribution is -0.145. The van der Waals surface area contributed by atoms with E-state index in [2.05, 4.69) is 17.4 Å². The van der Waals surface area contributed by atoms with Crippen molar-refractivity contribution in [3.63, 3.8) is 0 Å². The molecule has 0 aromatic heterocycles. The summed E-state index contributed by atoms with van der Waals surface area (Å²) >= 11 is 0. The number of nitroso groups, excluding NO2 is 1. The number of aldehydes is 1. The van der Waals surface area contributed by atoms with E-state index in [1.54, 1.807) is 24.3 Å². The topological polar surface area (TPSA) is 113 Å². The van der Waals surface area contributed by atoms with E-state index < -0.39 is 17.4 Å². The fraction of sp³-hybridized carbons (Fsp3) is 0.278. The highest BCUT2D eigenvalue weighted by Crippen LogP contribution is 2.23. The first-order valence-electron chi connectivity index (χ1n) is 7.99. The van der Waals surface area contributed by atoms with Crippen LogP contribution in [0, 0.1) is 4.91 Å². The smallest absolute Gasteiger partial charge is 0.293 e. The van der Waals surface area contributed by atoms with Crippen LogP contribution in [-0.2, 0) is 9.59 Å². The van der Waals surface area contributed by atoms with E-state index in [9.17, 15) is 19.3 Å². The van der Waals surface area contributed by atoms with Gasteiger partial charge in [0.1, 0.15) is 0 Å². The maximum atomic E-state index is 12.7. The zero-order valence-corrected chi connectivity index (χ0v) is 14.6. The Morgan fingerprint density at radius 2 is 1.88 bits per heavy atom. The zero-order valence-electron chi connectivity index (χ0n) is 14.6. The average molecular weight is 356 g/mol. The lowest BCUT2D eigenvalue weighted by Crippen LogP contribution is -2.59. The molecule has 2 amide bonds. The van der Waals surface area contributed by atoms with Crippen LogP contribution in [-0.4, -0.2) is 40.7 Å². The van der Waals surface area contributed by atoms with Crippen LogP contribution >= 0.6 is 0 Å². The highest BCUT2D eigenvalue weighted by molar-refractivity contribution is 6.06. The first-order chi connectivity index (χ1) is 12.3. The van der Waals surface area contributed by atoms with Gasteiger partial charge in [-0.2, -0.15) is 0 Å². The summed E-state index contributed by atoms with van der Waals surface area (Å²) in [6.07, 6.45) is 8.46. The predicted molar refractivity (Wildman–Crippen MR) is 96.2 cm³/mol. The van der Waals surface area contributed by atoms with Crippen LogP contribution in [0.1, 0.15) is 35.7 Å². The largest absolute Gasteiger partial charge is 0.321 e. The number of amides is 2. The van der Waals surface area contributed by atoms with Gasteiger partial charge in [0.2, 0.25) is 0 Å². The van der Waals surface area contributed by atoms with Crippen molar-refractivity contribution in [1.82, 2.24) is 10.0 Å². The molecule has 0 saturated heterocycles. The molecular formula is C18H20N4O4. The van der Waals surface area contributed by atoms with Gasteiger partial charge in [-0.1, -0.05) is 30.4 Å². The molecule has 2 N–H and O–H groups in total. The van der Waals surface area contributed by atoms with Crippen molar-refractivity contribution in [2.75, 3.05) is 7.05 Å². The van der Waals surface area contributed by atoms with E-state index in [4.69, 9.17) is 5.84 Å². The quantitative estimate of drug-likeness (QED) is 0.209. The Balaban J connectivity index is 2.25. The second-order valence-electron chi connectivity index (χ2n) is 6.08.